The molecule has 0 bridgehead atoms. The molecular weight excluding hydrogens is 216 g/mol. The summed E-state index contributed by atoms with van der Waals surface area (Å²) in [6.45, 7) is 8.42. The first kappa shape index (κ1) is 16.1. The Hall–Kier alpha value is 0.137. The molecule has 0 rings (SSSR count). The van der Waals surface area contributed by atoms with Gasteiger partial charge in [-0.3, -0.25) is 0 Å². The van der Waals surface area contributed by atoms with Crippen LogP contribution in [0, 0.1) is 0 Å². The van der Waals surface area contributed by atoms with Gasteiger partial charge in [0.05, 0.1) is 0 Å². The normalized spacial score (nSPS) is 11.2. The predicted octanol–water partition coefficient (Wildman–Crippen LogP) is 4.03. The van der Waals surface area contributed by atoms with Gasteiger partial charge < -0.3 is 8.85 Å². The number of unbranched alkanes of at least 4 members (excludes halogenated alkanes) is 6. The lowest BCUT2D eigenvalue weighted by atomic mass is 10.2. The van der Waals surface area contributed by atoms with Crippen molar-refractivity contribution < 1.29 is 8.85 Å². The highest BCUT2D eigenvalue weighted by molar-refractivity contribution is 6.42. The Labute approximate surface area is 104 Å². The molecule has 0 N–H and O–H groups in total. The second-order valence-corrected chi connectivity index (χ2v) is 6.23. The van der Waals surface area contributed by atoms with Crippen molar-refractivity contribution in [3.63, 3.8) is 0 Å². The first-order chi connectivity index (χ1) is 7.81. The van der Waals surface area contributed by atoms with E-state index in [1.165, 1.54) is 51.4 Å². The summed E-state index contributed by atoms with van der Waals surface area (Å²) >= 11 is 0. The second-order valence-electron chi connectivity index (χ2n) is 4.43. The molecule has 3 heteroatoms. The van der Waals surface area contributed by atoms with Gasteiger partial charge in [0.15, 0.2) is 0 Å². The van der Waals surface area contributed by atoms with E-state index in [2.05, 4.69) is 20.4 Å². The van der Waals surface area contributed by atoms with Crippen LogP contribution in [0.25, 0.3) is 0 Å². The van der Waals surface area contributed by atoms with Gasteiger partial charge in [-0.1, -0.05) is 52.4 Å². The highest BCUT2D eigenvalue weighted by Crippen LogP contribution is 2.02. The molecule has 0 fully saturated rings. The molecule has 0 radical (unpaired) electrons. The maximum absolute atomic E-state index is 5.71. The third-order valence-electron chi connectivity index (χ3n) is 2.70. The van der Waals surface area contributed by atoms with Gasteiger partial charge in [-0.2, -0.15) is 0 Å². The van der Waals surface area contributed by atoms with E-state index in [0.717, 1.165) is 13.2 Å². The smallest absolute Gasteiger partial charge is 0.318 e. The summed E-state index contributed by atoms with van der Waals surface area (Å²) in [6.07, 6.45) is 10.2. The zero-order valence-electron chi connectivity index (χ0n) is 11.5. The average Bonchev–Trinajstić information content (AvgIpc) is 2.28. The highest BCUT2D eigenvalue weighted by Gasteiger charge is 2.04. The van der Waals surface area contributed by atoms with Crippen molar-refractivity contribution in [3.8, 4) is 0 Å². The molecule has 2 nitrogen and oxygen atoms in total. The zero-order chi connectivity index (χ0) is 12.1. The van der Waals surface area contributed by atoms with E-state index in [1.807, 2.05) is 0 Å². The van der Waals surface area contributed by atoms with Gasteiger partial charge in [-0.25, -0.2) is 0 Å². The summed E-state index contributed by atoms with van der Waals surface area (Å²) in [5.41, 5.74) is 0. The standard InChI is InChI=1S/C13H30O2Si/c1-4-6-8-10-12-14-16(3)15-13-11-9-7-5-2/h16H,4-13H2,1-3H3. The van der Waals surface area contributed by atoms with Crippen LogP contribution >= 0.6 is 0 Å². The minimum Gasteiger partial charge on any atom is -0.397 e. The van der Waals surface area contributed by atoms with Crippen LogP contribution in [0.4, 0.5) is 0 Å². The van der Waals surface area contributed by atoms with Crippen molar-refractivity contribution in [2.24, 2.45) is 0 Å². The SMILES string of the molecule is CCCCCCO[SiH](C)OCCCCCC. The molecule has 0 heterocycles. The van der Waals surface area contributed by atoms with Crippen molar-refractivity contribution in [2.45, 2.75) is 71.8 Å². The van der Waals surface area contributed by atoms with E-state index < -0.39 is 9.28 Å². The lowest BCUT2D eigenvalue weighted by molar-refractivity contribution is 0.194. The van der Waals surface area contributed by atoms with E-state index in [4.69, 9.17) is 8.85 Å². The molecular formula is C13H30O2Si. The van der Waals surface area contributed by atoms with E-state index in [9.17, 15) is 0 Å². The minimum atomic E-state index is -1.31. The van der Waals surface area contributed by atoms with Crippen LogP contribution in [0.3, 0.4) is 0 Å². The summed E-state index contributed by atoms with van der Waals surface area (Å²) in [4.78, 5) is 0. The van der Waals surface area contributed by atoms with Crippen molar-refractivity contribution in [1.29, 1.82) is 0 Å². The third-order valence-corrected chi connectivity index (χ3v) is 4.11. The van der Waals surface area contributed by atoms with Crippen molar-refractivity contribution in [1.82, 2.24) is 0 Å². The molecule has 0 aliphatic heterocycles. The van der Waals surface area contributed by atoms with Gasteiger partial charge in [0.25, 0.3) is 0 Å². The van der Waals surface area contributed by atoms with Crippen molar-refractivity contribution >= 4 is 9.28 Å². The summed E-state index contributed by atoms with van der Waals surface area (Å²) < 4.78 is 11.4. The van der Waals surface area contributed by atoms with Gasteiger partial charge in [0, 0.05) is 13.2 Å². The first-order valence-corrected chi connectivity index (χ1v) is 9.14. The molecule has 0 atom stereocenters. The Balaban J connectivity index is 3.09. The third kappa shape index (κ3) is 12.2. The summed E-state index contributed by atoms with van der Waals surface area (Å²) in [5.74, 6) is 0. The largest absolute Gasteiger partial charge is 0.397 e. The molecule has 98 valence electrons. The van der Waals surface area contributed by atoms with Crippen LogP contribution in [0.2, 0.25) is 6.55 Å². The van der Waals surface area contributed by atoms with Crippen molar-refractivity contribution in [2.75, 3.05) is 13.2 Å². The molecule has 0 unspecified atom stereocenters. The Morgan fingerprint density at radius 1 is 0.688 bits per heavy atom. The van der Waals surface area contributed by atoms with Gasteiger partial charge in [0.2, 0.25) is 0 Å². The fourth-order valence-electron chi connectivity index (χ4n) is 1.60. The van der Waals surface area contributed by atoms with Crippen LogP contribution < -0.4 is 0 Å². The maximum atomic E-state index is 5.71. The lowest BCUT2D eigenvalue weighted by Crippen LogP contribution is -2.19. The van der Waals surface area contributed by atoms with Gasteiger partial charge in [-0.05, 0) is 19.4 Å². The van der Waals surface area contributed by atoms with Gasteiger partial charge in [-0.15, -0.1) is 0 Å². The maximum Gasteiger partial charge on any atom is 0.318 e. The fourth-order valence-corrected chi connectivity index (χ4v) is 2.70. The second kappa shape index (κ2) is 13.2. The van der Waals surface area contributed by atoms with E-state index >= 15 is 0 Å². The van der Waals surface area contributed by atoms with Crippen LogP contribution in [0.15, 0.2) is 0 Å². The summed E-state index contributed by atoms with van der Waals surface area (Å²) in [7, 11) is -1.31. The Kier molecular flexibility index (Phi) is 13.3. The topological polar surface area (TPSA) is 18.5 Å². The Morgan fingerprint density at radius 3 is 1.50 bits per heavy atom. The van der Waals surface area contributed by atoms with Gasteiger partial charge >= 0.3 is 9.28 Å². The van der Waals surface area contributed by atoms with Crippen LogP contribution in [-0.2, 0) is 8.85 Å². The minimum absolute atomic E-state index is 0.905. The lowest BCUT2D eigenvalue weighted by Gasteiger charge is -2.12. The summed E-state index contributed by atoms with van der Waals surface area (Å²) in [5, 5.41) is 0. The van der Waals surface area contributed by atoms with E-state index in [1.54, 1.807) is 0 Å². The number of rotatable bonds is 12. The average molecular weight is 246 g/mol. The Morgan fingerprint density at radius 2 is 1.12 bits per heavy atom. The number of hydrogen-bond acceptors (Lipinski definition) is 2. The van der Waals surface area contributed by atoms with Crippen molar-refractivity contribution in [3.05, 3.63) is 0 Å². The predicted molar refractivity (Wildman–Crippen MR) is 73.2 cm³/mol. The molecule has 0 aromatic carbocycles. The number of hydrogen-bond donors (Lipinski definition) is 0. The molecule has 0 saturated heterocycles. The van der Waals surface area contributed by atoms with E-state index in [-0.39, 0.29) is 0 Å². The first-order valence-electron chi connectivity index (χ1n) is 7.04. The van der Waals surface area contributed by atoms with Gasteiger partial charge in [0.1, 0.15) is 0 Å². The molecule has 0 aliphatic rings. The summed E-state index contributed by atoms with van der Waals surface area (Å²) in [6, 6.07) is 0. The quantitative estimate of drug-likeness (QED) is 0.382. The van der Waals surface area contributed by atoms with Crippen LogP contribution in [0.1, 0.15) is 65.2 Å². The molecule has 0 aromatic heterocycles. The molecule has 0 saturated carbocycles. The molecule has 0 spiro atoms. The monoisotopic (exact) mass is 246 g/mol. The molecule has 16 heavy (non-hydrogen) atoms. The molecule has 0 aromatic rings. The van der Waals surface area contributed by atoms with E-state index in [0.29, 0.717) is 0 Å². The molecule has 0 aliphatic carbocycles. The fraction of sp³-hybridized carbons (Fsp3) is 1.00. The highest BCUT2D eigenvalue weighted by atomic mass is 28.3. The molecule has 0 amide bonds. The van der Waals surface area contributed by atoms with Crippen LogP contribution in [-0.4, -0.2) is 22.5 Å². The zero-order valence-corrected chi connectivity index (χ0v) is 12.6. The van der Waals surface area contributed by atoms with Crippen LogP contribution in [0.5, 0.6) is 0 Å². The Bertz CT molecular complexity index is 117.